The Morgan fingerprint density at radius 1 is 1.05 bits per heavy atom. The molecular formula is C16H14O2S. The molecule has 0 amide bonds. The zero-order valence-corrected chi connectivity index (χ0v) is 11.4. The van der Waals surface area contributed by atoms with Crippen molar-refractivity contribution in [1.29, 1.82) is 0 Å². The summed E-state index contributed by atoms with van der Waals surface area (Å²) in [6.07, 6.45) is -0.639. The van der Waals surface area contributed by atoms with E-state index in [-0.39, 0.29) is 0 Å². The maximum Gasteiger partial charge on any atom is 0.135 e. The molecule has 3 rings (SSSR count). The van der Waals surface area contributed by atoms with E-state index in [1.807, 2.05) is 41.8 Å². The van der Waals surface area contributed by atoms with E-state index >= 15 is 0 Å². The molecule has 0 bridgehead atoms. The highest BCUT2D eigenvalue weighted by atomic mass is 32.1. The molecule has 0 fully saturated rings. The van der Waals surface area contributed by atoms with Gasteiger partial charge in [0.15, 0.2) is 0 Å². The van der Waals surface area contributed by atoms with Crippen LogP contribution < -0.4 is 4.74 Å². The number of hydrogen-bond acceptors (Lipinski definition) is 3. The number of benzene rings is 2. The summed E-state index contributed by atoms with van der Waals surface area (Å²) in [6, 6.07) is 16.0. The fourth-order valence-corrected chi connectivity index (χ4v) is 3.08. The molecule has 1 unspecified atom stereocenters. The smallest absolute Gasteiger partial charge is 0.135 e. The number of rotatable bonds is 3. The van der Waals surface area contributed by atoms with Crippen molar-refractivity contribution in [3.63, 3.8) is 0 Å². The first-order valence-electron chi connectivity index (χ1n) is 6.08. The minimum atomic E-state index is -0.639. The van der Waals surface area contributed by atoms with Crippen LogP contribution in [0.2, 0.25) is 0 Å². The van der Waals surface area contributed by atoms with E-state index in [0.29, 0.717) is 0 Å². The summed E-state index contributed by atoms with van der Waals surface area (Å²) in [6.45, 7) is 0. The van der Waals surface area contributed by atoms with E-state index in [0.717, 1.165) is 21.6 Å². The van der Waals surface area contributed by atoms with Gasteiger partial charge in [0.05, 0.1) is 12.0 Å². The molecule has 96 valence electrons. The van der Waals surface area contributed by atoms with Crippen LogP contribution in [-0.2, 0) is 0 Å². The number of methoxy groups -OCH3 is 1. The van der Waals surface area contributed by atoms with Crippen LogP contribution in [0.5, 0.6) is 5.75 Å². The molecule has 0 saturated carbocycles. The van der Waals surface area contributed by atoms with Gasteiger partial charge in [-0.3, -0.25) is 0 Å². The normalized spacial score (nSPS) is 12.5. The molecule has 2 aromatic carbocycles. The highest BCUT2D eigenvalue weighted by Crippen LogP contribution is 2.35. The number of ether oxygens (including phenoxy) is 1. The Kier molecular flexibility index (Phi) is 3.23. The van der Waals surface area contributed by atoms with Crippen molar-refractivity contribution in [3.8, 4) is 5.75 Å². The first-order chi connectivity index (χ1) is 9.29. The van der Waals surface area contributed by atoms with E-state index in [2.05, 4.69) is 12.1 Å². The van der Waals surface area contributed by atoms with Gasteiger partial charge in [0.2, 0.25) is 0 Å². The SMILES string of the molecule is COc1ccsc1C(O)c1ccc2ccccc2c1. The van der Waals surface area contributed by atoms with Crippen LogP contribution in [0.15, 0.2) is 53.9 Å². The van der Waals surface area contributed by atoms with Crippen LogP contribution >= 0.6 is 11.3 Å². The summed E-state index contributed by atoms with van der Waals surface area (Å²) in [5.74, 6) is 0.741. The summed E-state index contributed by atoms with van der Waals surface area (Å²) < 4.78 is 5.27. The van der Waals surface area contributed by atoms with E-state index in [4.69, 9.17) is 4.74 Å². The predicted octanol–water partition coefficient (Wildman–Crippen LogP) is 3.99. The molecule has 3 aromatic rings. The second kappa shape index (κ2) is 5.03. The van der Waals surface area contributed by atoms with Gasteiger partial charge in [-0.2, -0.15) is 0 Å². The summed E-state index contributed by atoms with van der Waals surface area (Å²) in [5.41, 5.74) is 0.888. The molecule has 1 heterocycles. The Bertz CT molecular complexity index is 703. The fourth-order valence-electron chi connectivity index (χ4n) is 2.21. The molecule has 1 N–H and O–H groups in total. The Balaban J connectivity index is 2.04. The molecule has 19 heavy (non-hydrogen) atoms. The monoisotopic (exact) mass is 270 g/mol. The molecule has 0 radical (unpaired) electrons. The maximum absolute atomic E-state index is 10.5. The van der Waals surface area contributed by atoms with Gasteiger partial charge in [-0.25, -0.2) is 0 Å². The first-order valence-corrected chi connectivity index (χ1v) is 6.95. The van der Waals surface area contributed by atoms with Crippen LogP contribution in [0.4, 0.5) is 0 Å². The topological polar surface area (TPSA) is 29.5 Å². The number of hydrogen-bond donors (Lipinski definition) is 1. The molecular weight excluding hydrogens is 256 g/mol. The summed E-state index contributed by atoms with van der Waals surface area (Å²) >= 11 is 1.51. The lowest BCUT2D eigenvalue weighted by Crippen LogP contribution is -1.99. The molecule has 0 saturated heterocycles. The van der Waals surface area contributed by atoms with Crippen LogP contribution in [0, 0.1) is 0 Å². The number of aliphatic hydroxyl groups excluding tert-OH is 1. The van der Waals surface area contributed by atoms with Gasteiger partial charge in [0.1, 0.15) is 11.9 Å². The average molecular weight is 270 g/mol. The van der Waals surface area contributed by atoms with Crippen molar-refractivity contribution >= 4 is 22.1 Å². The van der Waals surface area contributed by atoms with Gasteiger partial charge in [-0.05, 0) is 33.8 Å². The Hall–Kier alpha value is -1.84. The molecule has 0 spiro atoms. The van der Waals surface area contributed by atoms with Gasteiger partial charge in [0.25, 0.3) is 0 Å². The van der Waals surface area contributed by atoms with Crippen molar-refractivity contribution in [3.05, 3.63) is 64.4 Å². The van der Waals surface area contributed by atoms with Crippen molar-refractivity contribution in [2.24, 2.45) is 0 Å². The van der Waals surface area contributed by atoms with Gasteiger partial charge in [-0.15, -0.1) is 11.3 Å². The molecule has 0 aliphatic rings. The second-order valence-electron chi connectivity index (χ2n) is 4.36. The van der Waals surface area contributed by atoms with Gasteiger partial charge >= 0.3 is 0 Å². The molecule has 1 aromatic heterocycles. The van der Waals surface area contributed by atoms with E-state index in [1.54, 1.807) is 7.11 Å². The third-order valence-corrected chi connectivity index (χ3v) is 4.17. The van der Waals surface area contributed by atoms with Crippen LogP contribution in [-0.4, -0.2) is 12.2 Å². The standard InChI is InChI=1S/C16H14O2S/c1-18-14-8-9-19-16(14)15(17)13-7-6-11-4-2-3-5-12(11)10-13/h2-10,15,17H,1H3. The highest BCUT2D eigenvalue weighted by Gasteiger charge is 2.17. The maximum atomic E-state index is 10.5. The third-order valence-electron chi connectivity index (χ3n) is 3.21. The quantitative estimate of drug-likeness (QED) is 0.779. The van der Waals surface area contributed by atoms with E-state index < -0.39 is 6.10 Å². The molecule has 3 heteroatoms. The average Bonchev–Trinajstić information content (AvgIpc) is 2.94. The van der Waals surface area contributed by atoms with Gasteiger partial charge in [0, 0.05) is 0 Å². The number of fused-ring (bicyclic) bond motifs is 1. The Morgan fingerprint density at radius 2 is 1.84 bits per heavy atom. The molecule has 1 atom stereocenters. The van der Waals surface area contributed by atoms with Crippen LogP contribution in [0.3, 0.4) is 0 Å². The van der Waals surface area contributed by atoms with Crippen LogP contribution in [0.1, 0.15) is 16.5 Å². The predicted molar refractivity (Wildman–Crippen MR) is 78.9 cm³/mol. The Labute approximate surface area is 115 Å². The Morgan fingerprint density at radius 3 is 2.63 bits per heavy atom. The van der Waals surface area contributed by atoms with Crippen LogP contribution in [0.25, 0.3) is 10.8 Å². The lowest BCUT2D eigenvalue weighted by Gasteiger charge is -2.12. The van der Waals surface area contributed by atoms with Gasteiger partial charge in [-0.1, -0.05) is 36.4 Å². The zero-order valence-electron chi connectivity index (χ0n) is 10.5. The van der Waals surface area contributed by atoms with Crippen molar-refractivity contribution in [1.82, 2.24) is 0 Å². The van der Waals surface area contributed by atoms with Crippen molar-refractivity contribution in [2.75, 3.05) is 7.11 Å². The van der Waals surface area contributed by atoms with E-state index in [1.165, 1.54) is 16.7 Å². The minimum absolute atomic E-state index is 0.639. The summed E-state index contributed by atoms with van der Waals surface area (Å²) in [4.78, 5) is 0.845. The highest BCUT2D eigenvalue weighted by molar-refractivity contribution is 7.10. The molecule has 0 aliphatic carbocycles. The van der Waals surface area contributed by atoms with Crippen molar-refractivity contribution in [2.45, 2.75) is 6.10 Å². The lowest BCUT2D eigenvalue weighted by atomic mass is 10.0. The zero-order chi connectivity index (χ0) is 13.2. The van der Waals surface area contributed by atoms with E-state index in [9.17, 15) is 5.11 Å². The summed E-state index contributed by atoms with van der Waals surface area (Å²) in [7, 11) is 1.62. The fraction of sp³-hybridized carbons (Fsp3) is 0.125. The minimum Gasteiger partial charge on any atom is -0.495 e. The summed E-state index contributed by atoms with van der Waals surface area (Å²) in [5, 5.41) is 14.7. The number of aliphatic hydroxyl groups is 1. The first kappa shape index (κ1) is 12.2. The third kappa shape index (κ3) is 2.23. The second-order valence-corrected chi connectivity index (χ2v) is 5.31. The van der Waals surface area contributed by atoms with Crippen molar-refractivity contribution < 1.29 is 9.84 Å². The lowest BCUT2D eigenvalue weighted by molar-refractivity contribution is 0.219. The molecule has 2 nitrogen and oxygen atoms in total. The molecule has 0 aliphatic heterocycles. The van der Waals surface area contributed by atoms with Gasteiger partial charge < -0.3 is 9.84 Å². The largest absolute Gasteiger partial charge is 0.495 e. The number of thiophene rings is 1.